The van der Waals surface area contributed by atoms with E-state index >= 15 is 0 Å². The minimum Gasteiger partial charge on any atom is -0.444 e. The van der Waals surface area contributed by atoms with Gasteiger partial charge in [-0.1, -0.05) is 35.3 Å². The molecule has 1 aromatic rings. The molecular formula is C18H23Cl2NO2. The highest BCUT2D eigenvalue weighted by atomic mass is 35.5. The van der Waals surface area contributed by atoms with Crippen LogP contribution < -0.4 is 0 Å². The number of ether oxygens (including phenoxy) is 1. The molecular weight excluding hydrogens is 333 g/mol. The summed E-state index contributed by atoms with van der Waals surface area (Å²) in [6, 6.07) is 5.61. The number of hydrogen-bond donors (Lipinski definition) is 0. The van der Waals surface area contributed by atoms with Crippen LogP contribution >= 0.6 is 23.2 Å². The minimum absolute atomic E-state index is 0.288. The standard InChI is InChI=1S/C18H23Cl2NO2/c1-5-18(13-7-8-14(19)15(20)11-13)9-6-10-21(12-18)16(22)23-17(2,3)4/h5,7-8,11H,1,6,9-10,12H2,2-4H3/t18-/m0/s1. The second-order valence-electron chi connectivity index (χ2n) is 6.99. The van der Waals surface area contributed by atoms with Crippen LogP contribution in [0.25, 0.3) is 0 Å². The first-order chi connectivity index (χ1) is 10.7. The number of carbonyl (C=O) groups excluding carboxylic acids is 1. The van der Waals surface area contributed by atoms with Crippen LogP contribution in [0.3, 0.4) is 0 Å². The average Bonchev–Trinajstić information content (AvgIpc) is 2.48. The molecule has 23 heavy (non-hydrogen) atoms. The molecule has 1 aromatic carbocycles. The molecule has 0 N–H and O–H groups in total. The molecule has 1 heterocycles. The van der Waals surface area contributed by atoms with E-state index in [9.17, 15) is 4.79 Å². The highest BCUT2D eigenvalue weighted by Crippen LogP contribution is 2.38. The molecule has 0 saturated carbocycles. The van der Waals surface area contributed by atoms with Crippen molar-refractivity contribution in [1.29, 1.82) is 0 Å². The van der Waals surface area contributed by atoms with Gasteiger partial charge in [-0.3, -0.25) is 0 Å². The van der Waals surface area contributed by atoms with E-state index in [1.807, 2.05) is 39.0 Å². The second kappa shape index (κ2) is 6.74. The number of piperidine rings is 1. The number of halogens is 2. The normalized spacial score (nSPS) is 21.9. The molecule has 0 aliphatic carbocycles. The number of carbonyl (C=O) groups is 1. The van der Waals surface area contributed by atoms with E-state index in [4.69, 9.17) is 27.9 Å². The molecule has 1 aliphatic rings. The van der Waals surface area contributed by atoms with Gasteiger partial charge in [0.25, 0.3) is 0 Å². The van der Waals surface area contributed by atoms with E-state index in [-0.39, 0.29) is 11.5 Å². The topological polar surface area (TPSA) is 29.5 Å². The van der Waals surface area contributed by atoms with Crippen molar-refractivity contribution < 1.29 is 9.53 Å². The molecule has 126 valence electrons. The average molecular weight is 356 g/mol. The summed E-state index contributed by atoms with van der Waals surface area (Å²) in [6.07, 6.45) is 3.41. The molecule has 1 fully saturated rings. The third-order valence-electron chi connectivity index (χ3n) is 4.06. The lowest BCUT2D eigenvalue weighted by Gasteiger charge is -2.41. The van der Waals surface area contributed by atoms with Gasteiger partial charge in [0.2, 0.25) is 0 Å². The lowest BCUT2D eigenvalue weighted by atomic mass is 9.74. The largest absolute Gasteiger partial charge is 0.444 e. The van der Waals surface area contributed by atoms with Crippen LogP contribution in [0.15, 0.2) is 30.9 Å². The Morgan fingerprint density at radius 3 is 2.61 bits per heavy atom. The van der Waals surface area contributed by atoms with Crippen LogP contribution in [-0.2, 0) is 10.2 Å². The summed E-state index contributed by atoms with van der Waals surface area (Å²) in [7, 11) is 0. The Balaban J connectivity index is 2.26. The maximum Gasteiger partial charge on any atom is 0.410 e. The zero-order valence-corrected chi connectivity index (χ0v) is 15.4. The molecule has 0 aromatic heterocycles. The Morgan fingerprint density at radius 1 is 1.35 bits per heavy atom. The van der Waals surface area contributed by atoms with E-state index in [2.05, 4.69) is 6.58 Å². The minimum atomic E-state index is -0.505. The smallest absolute Gasteiger partial charge is 0.410 e. The maximum atomic E-state index is 12.4. The van der Waals surface area contributed by atoms with Crippen molar-refractivity contribution in [3.8, 4) is 0 Å². The van der Waals surface area contributed by atoms with E-state index in [1.165, 1.54) is 0 Å². The van der Waals surface area contributed by atoms with E-state index in [0.717, 1.165) is 18.4 Å². The van der Waals surface area contributed by atoms with Gasteiger partial charge in [0.15, 0.2) is 0 Å². The van der Waals surface area contributed by atoms with Crippen molar-refractivity contribution in [2.75, 3.05) is 13.1 Å². The molecule has 5 heteroatoms. The second-order valence-corrected chi connectivity index (χ2v) is 7.81. The van der Waals surface area contributed by atoms with Crippen molar-refractivity contribution in [1.82, 2.24) is 4.90 Å². The monoisotopic (exact) mass is 355 g/mol. The van der Waals surface area contributed by atoms with Crippen LogP contribution in [0, 0.1) is 0 Å². The van der Waals surface area contributed by atoms with E-state index < -0.39 is 5.60 Å². The van der Waals surface area contributed by atoms with Crippen molar-refractivity contribution >= 4 is 29.3 Å². The molecule has 1 saturated heterocycles. The lowest BCUT2D eigenvalue weighted by molar-refractivity contribution is 0.0164. The molecule has 0 bridgehead atoms. The highest BCUT2D eigenvalue weighted by molar-refractivity contribution is 6.42. The first-order valence-electron chi connectivity index (χ1n) is 7.74. The zero-order chi connectivity index (χ0) is 17.3. The summed E-state index contributed by atoms with van der Waals surface area (Å²) in [5.74, 6) is 0. The predicted octanol–water partition coefficient (Wildman–Crippen LogP) is 5.45. The number of hydrogen-bond acceptors (Lipinski definition) is 2. The Hall–Kier alpha value is -1.19. The molecule has 1 atom stereocenters. The van der Waals surface area contributed by atoms with Crippen molar-refractivity contribution in [2.24, 2.45) is 0 Å². The fourth-order valence-corrected chi connectivity index (χ4v) is 3.19. The van der Waals surface area contributed by atoms with Gasteiger partial charge in [-0.05, 0) is 51.3 Å². The third-order valence-corrected chi connectivity index (χ3v) is 4.80. The van der Waals surface area contributed by atoms with Gasteiger partial charge in [-0.15, -0.1) is 6.58 Å². The SMILES string of the molecule is C=C[C@]1(c2ccc(Cl)c(Cl)c2)CCCN(C(=O)OC(C)(C)C)C1. The van der Waals surface area contributed by atoms with Crippen molar-refractivity contribution in [2.45, 2.75) is 44.6 Å². The fraction of sp³-hybridized carbons (Fsp3) is 0.500. The van der Waals surface area contributed by atoms with Crippen molar-refractivity contribution in [3.63, 3.8) is 0 Å². The van der Waals surface area contributed by atoms with Crippen LogP contribution in [0.2, 0.25) is 10.0 Å². The van der Waals surface area contributed by atoms with Gasteiger partial charge in [0.1, 0.15) is 5.60 Å². The Kier molecular flexibility index (Phi) is 5.32. The summed E-state index contributed by atoms with van der Waals surface area (Å²) in [6.45, 7) is 10.8. The van der Waals surface area contributed by atoms with Crippen LogP contribution in [0.1, 0.15) is 39.2 Å². The Bertz CT molecular complexity index is 610. The molecule has 0 unspecified atom stereocenters. The first-order valence-corrected chi connectivity index (χ1v) is 8.49. The van der Waals surface area contributed by atoms with E-state index in [1.54, 1.807) is 11.0 Å². The number of benzene rings is 1. The first kappa shape index (κ1) is 18.2. The van der Waals surface area contributed by atoms with Gasteiger partial charge in [-0.25, -0.2) is 4.79 Å². The van der Waals surface area contributed by atoms with Crippen molar-refractivity contribution in [3.05, 3.63) is 46.5 Å². The zero-order valence-electron chi connectivity index (χ0n) is 13.9. The molecule has 1 amide bonds. The molecule has 1 aliphatic heterocycles. The van der Waals surface area contributed by atoms with Gasteiger partial charge in [0.05, 0.1) is 10.0 Å². The van der Waals surface area contributed by atoms with Gasteiger partial charge in [-0.2, -0.15) is 0 Å². The Morgan fingerprint density at radius 2 is 2.04 bits per heavy atom. The molecule has 0 spiro atoms. The lowest BCUT2D eigenvalue weighted by Crippen LogP contribution is -2.49. The number of likely N-dealkylation sites (tertiary alicyclic amines) is 1. The summed E-state index contributed by atoms with van der Waals surface area (Å²) in [5, 5.41) is 1.04. The summed E-state index contributed by atoms with van der Waals surface area (Å²) < 4.78 is 5.50. The molecule has 2 rings (SSSR count). The highest BCUT2D eigenvalue weighted by Gasteiger charge is 2.37. The third kappa shape index (κ3) is 4.21. The van der Waals surface area contributed by atoms with Crippen LogP contribution in [0.5, 0.6) is 0 Å². The summed E-state index contributed by atoms with van der Waals surface area (Å²) in [5.41, 5.74) is 0.188. The van der Waals surface area contributed by atoms with Gasteiger partial charge < -0.3 is 9.64 Å². The summed E-state index contributed by atoms with van der Waals surface area (Å²) >= 11 is 12.2. The van der Waals surface area contributed by atoms with Crippen LogP contribution in [-0.4, -0.2) is 29.7 Å². The summed E-state index contributed by atoms with van der Waals surface area (Å²) in [4.78, 5) is 14.1. The number of nitrogens with zero attached hydrogens (tertiary/aromatic N) is 1. The van der Waals surface area contributed by atoms with Gasteiger partial charge in [0, 0.05) is 18.5 Å². The molecule has 3 nitrogen and oxygen atoms in total. The van der Waals surface area contributed by atoms with Crippen LogP contribution in [0.4, 0.5) is 4.79 Å². The maximum absolute atomic E-state index is 12.4. The Labute approximate surface area is 148 Å². The quantitative estimate of drug-likeness (QED) is 0.660. The van der Waals surface area contributed by atoms with Gasteiger partial charge >= 0.3 is 6.09 Å². The number of rotatable bonds is 2. The number of amides is 1. The molecule has 0 radical (unpaired) electrons. The predicted molar refractivity (Wildman–Crippen MR) is 95.4 cm³/mol. The van der Waals surface area contributed by atoms with E-state index in [0.29, 0.717) is 23.1 Å². The fourth-order valence-electron chi connectivity index (χ4n) is 2.89.